The summed E-state index contributed by atoms with van der Waals surface area (Å²) in [5, 5.41) is 3.04. The number of para-hydroxylation sites is 1. The van der Waals surface area contributed by atoms with Gasteiger partial charge in [0.2, 0.25) is 0 Å². The second-order valence-electron chi connectivity index (χ2n) is 10.8. The van der Waals surface area contributed by atoms with Crippen molar-refractivity contribution in [2.45, 2.75) is 64.5 Å². The Hall–Kier alpha value is -3.37. The van der Waals surface area contributed by atoms with E-state index in [0.717, 1.165) is 49.0 Å². The highest BCUT2D eigenvalue weighted by molar-refractivity contribution is 9.10. The number of methoxy groups -OCH3 is 1. The van der Waals surface area contributed by atoms with Crippen molar-refractivity contribution in [3.63, 3.8) is 0 Å². The highest BCUT2D eigenvalue weighted by Gasteiger charge is 2.29. The highest BCUT2D eigenvalue weighted by atomic mass is 79.9. The van der Waals surface area contributed by atoms with Crippen LogP contribution in [0.25, 0.3) is 10.4 Å². The number of hydrogen-bond donors (Lipinski definition) is 1. The number of carbonyl (C=O) groups is 3. The number of rotatable bonds is 8. The van der Waals surface area contributed by atoms with Crippen LogP contribution in [-0.2, 0) is 14.3 Å². The first-order chi connectivity index (χ1) is 19.6. The Balaban J connectivity index is 1.67. The van der Waals surface area contributed by atoms with Crippen LogP contribution >= 0.6 is 27.3 Å². The average molecular weight is 644 g/mol. The van der Waals surface area contributed by atoms with Crippen molar-refractivity contribution >= 4 is 56.6 Å². The third-order valence-corrected chi connectivity index (χ3v) is 8.72. The Morgan fingerprint density at radius 2 is 1.73 bits per heavy atom. The zero-order valence-electron chi connectivity index (χ0n) is 23.7. The monoisotopic (exact) mass is 642 g/mol. The van der Waals surface area contributed by atoms with Crippen molar-refractivity contribution in [2.75, 3.05) is 23.9 Å². The van der Waals surface area contributed by atoms with Crippen LogP contribution < -0.4 is 15.0 Å². The van der Waals surface area contributed by atoms with Crippen LogP contribution in [0.5, 0.6) is 5.75 Å². The molecule has 3 aromatic rings. The van der Waals surface area contributed by atoms with Crippen LogP contribution in [-0.4, -0.2) is 43.3 Å². The summed E-state index contributed by atoms with van der Waals surface area (Å²) in [7, 11) is 1.29. The molecule has 0 radical (unpaired) electrons. The maximum Gasteiger partial charge on any atom is 0.351 e. The molecule has 4 rings (SSSR count). The van der Waals surface area contributed by atoms with Gasteiger partial charge in [0.15, 0.2) is 17.2 Å². The molecule has 41 heavy (non-hydrogen) atoms. The molecule has 0 atom stereocenters. The average Bonchev–Trinajstić information content (AvgIpc) is 3.28. The summed E-state index contributed by atoms with van der Waals surface area (Å²) in [5.41, 5.74) is 1.59. The number of thiophene rings is 1. The van der Waals surface area contributed by atoms with E-state index in [1.807, 2.05) is 59.5 Å². The van der Waals surface area contributed by atoms with E-state index in [4.69, 9.17) is 14.2 Å². The molecule has 1 fully saturated rings. The van der Waals surface area contributed by atoms with Crippen molar-refractivity contribution in [1.82, 2.24) is 0 Å². The Bertz CT molecular complexity index is 1380. The van der Waals surface area contributed by atoms with Gasteiger partial charge in [-0.3, -0.25) is 4.90 Å². The van der Waals surface area contributed by atoms with E-state index in [9.17, 15) is 14.4 Å². The number of halogens is 1. The predicted octanol–water partition coefficient (Wildman–Crippen LogP) is 8.06. The lowest BCUT2D eigenvalue weighted by molar-refractivity contribution is -0.157. The minimum absolute atomic E-state index is 0.0628. The number of esters is 2. The number of urea groups is 1. The van der Waals surface area contributed by atoms with Gasteiger partial charge in [0.1, 0.15) is 5.60 Å². The molecule has 0 unspecified atom stereocenters. The first-order valence-electron chi connectivity index (χ1n) is 13.6. The van der Waals surface area contributed by atoms with Gasteiger partial charge in [-0.1, -0.05) is 49.6 Å². The zero-order valence-corrected chi connectivity index (χ0v) is 26.1. The van der Waals surface area contributed by atoms with E-state index in [1.54, 1.807) is 20.8 Å². The molecule has 8 nitrogen and oxygen atoms in total. The number of nitrogens with zero attached hydrogens (tertiary/aromatic N) is 1. The van der Waals surface area contributed by atoms with Crippen LogP contribution in [0.4, 0.5) is 16.2 Å². The smallest absolute Gasteiger partial charge is 0.351 e. The summed E-state index contributed by atoms with van der Waals surface area (Å²) in [4.78, 5) is 41.4. The van der Waals surface area contributed by atoms with Gasteiger partial charge in [-0.15, -0.1) is 11.3 Å². The molecule has 0 saturated heterocycles. The standard InChI is InChI=1S/C31H35BrN2O6S/c1-31(2,3)40-24(35)19-39-26-25(32)27(41-28(26)29(36)38-4)20-12-11-17-23(18-20)34(22-15-9-6-10-16-22)30(37)33-21-13-7-5-8-14-21/h5,7-8,11-14,17-18,22H,6,9-10,15-16,19H2,1-4H3,(H,33,37). The van der Waals surface area contributed by atoms with Gasteiger partial charge in [0.05, 0.1) is 16.5 Å². The molecule has 1 N–H and O–H groups in total. The quantitative estimate of drug-likeness (QED) is 0.250. The Kier molecular flexibility index (Phi) is 10.1. The SMILES string of the molecule is COC(=O)c1sc(-c2cccc(N(C(=O)Nc3ccccc3)C3CCCCC3)c2)c(Br)c1OCC(=O)OC(C)(C)C. The zero-order chi connectivity index (χ0) is 29.6. The topological polar surface area (TPSA) is 94.2 Å². The van der Waals surface area contributed by atoms with Gasteiger partial charge < -0.3 is 19.5 Å². The van der Waals surface area contributed by atoms with Gasteiger partial charge >= 0.3 is 18.0 Å². The van der Waals surface area contributed by atoms with E-state index in [0.29, 0.717) is 9.35 Å². The van der Waals surface area contributed by atoms with Crippen LogP contribution in [0.2, 0.25) is 0 Å². The summed E-state index contributed by atoms with van der Waals surface area (Å²) in [6.07, 6.45) is 5.14. The van der Waals surface area contributed by atoms with Gasteiger partial charge in [-0.25, -0.2) is 14.4 Å². The molecule has 1 aliphatic carbocycles. The number of benzene rings is 2. The number of amides is 2. The van der Waals surface area contributed by atoms with Gasteiger partial charge in [-0.05, 0) is 79.4 Å². The number of ether oxygens (including phenoxy) is 3. The minimum atomic E-state index is -0.667. The molecule has 1 aromatic heterocycles. The van der Waals surface area contributed by atoms with E-state index in [-0.39, 0.29) is 29.3 Å². The predicted molar refractivity (Wildman–Crippen MR) is 165 cm³/mol. The third-order valence-electron chi connectivity index (χ3n) is 6.50. The maximum absolute atomic E-state index is 13.6. The van der Waals surface area contributed by atoms with E-state index >= 15 is 0 Å². The van der Waals surface area contributed by atoms with E-state index < -0.39 is 17.5 Å². The molecule has 218 valence electrons. The molecule has 0 aliphatic heterocycles. The third kappa shape index (κ3) is 7.89. The van der Waals surface area contributed by atoms with E-state index in [1.165, 1.54) is 18.4 Å². The highest BCUT2D eigenvalue weighted by Crippen LogP contribution is 2.46. The maximum atomic E-state index is 13.6. The molecule has 10 heteroatoms. The second-order valence-corrected chi connectivity index (χ2v) is 12.6. The number of anilines is 2. The van der Waals surface area contributed by atoms with Crippen LogP contribution in [0.15, 0.2) is 59.1 Å². The molecule has 2 aromatic carbocycles. The van der Waals surface area contributed by atoms with Gasteiger partial charge in [-0.2, -0.15) is 0 Å². The fourth-order valence-electron chi connectivity index (χ4n) is 4.78. The van der Waals surface area contributed by atoms with Crippen LogP contribution in [0.1, 0.15) is 62.5 Å². The van der Waals surface area contributed by atoms with Gasteiger partial charge in [0.25, 0.3) is 0 Å². The normalized spacial score (nSPS) is 13.8. The van der Waals surface area contributed by atoms with Crippen LogP contribution in [0, 0.1) is 0 Å². The fraction of sp³-hybridized carbons (Fsp3) is 0.387. The van der Waals surface area contributed by atoms with Crippen LogP contribution in [0.3, 0.4) is 0 Å². The van der Waals surface area contributed by atoms with Crippen molar-refractivity contribution in [2.24, 2.45) is 0 Å². The molecule has 0 bridgehead atoms. The van der Waals surface area contributed by atoms with E-state index in [2.05, 4.69) is 21.2 Å². The fourth-order valence-corrected chi connectivity index (χ4v) is 6.74. The molecular weight excluding hydrogens is 608 g/mol. The Morgan fingerprint density at radius 3 is 2.39 bits per heavy atom. The first kappa shape index (κ1) is 30.6. The Labute approximate surface area is 253 Å². The number of carbonyl (C=O) groups excluding carboxylic acids is 3. The van der Waals surface area contributed by atoms with Crippen molar-refractivity contribution in [1.29, 1.82) is 0 Å². The summed E-state index contributed by atoms with van der Waals surface area (Å²) in [6.45, 7) is 4.94. The molecule has 1 saturated carbocycles. The molecular formula is C31H35BrN2O6S. The summed E-state index contributed by atoms with van der Waals surface area (Å²) < 4.78 is 16.6. The van der Waals surface area contributed by atoms with Crippen molar-refractivity contribution < 1.29 is 28.6 Å². The number of nitrogens with one attached hydrogen (secondary N) is 1. The molecule has 1 aliphatic rings. The van der Waals surface area contributed by atoms with Crippen molar-refractivity contribution in [3.8, 4) is 16.2 Å². The van der Waals surface area contributed by atoms with Crippen molar-refractivity contribution in [3.05, 3.63) is 63.9 Å². The van der Waals surface area contributed by atoms with Gasteiger partial charge in [0, 0.05) is 17.4 Å². The summed E-state index contributed by atoms with van der Waals surface area (Å²) in [6, 6.07) is 16.9. The summed E-state index contributed by atoms with van der Waals surface area (Å²) in [5.74, 6) is -0.926. The lowest BCUT2D eigenvalue weighted by atomic mass is 9.93. The first-order valence-corrected chi connectivity index (χ1v) is 15.2. The molecule has 0 spiro atoms. The summed E-state index contributed by atoms with van der Waals surface area (Å²) >= 11 is 4.78. The Morgan fingerprint density at radius 1 is 1.02 bits per heavy atom. The minimum Gasteiger partial charge on any atom is -0.479 e. The second kappa shape index (κ2) is 13.5. The molecule has 1 heterocycles. The lowest BCUT2D eigenvalue weighted by Crippen LogP contribution is -2.44. The lowest BCUT2D eigenvalue weighted by Gasteiger charge is -2.34. The number of hydrogen-bond acceptors (Lipinski definition) is 7. The molecule has 2 amide bonds. The largest absolute Gasteiger partial charge is 0.479 e.